The average Bonchev–Trinajstić information content (AvgIpc) is 3.41. The summed E-state index contributed by atoms with van der Waals surface area (Å²) in [6.07, 6.45) is 7.05. The van der Waals surface area contributed by atoms with Gasteiger partial charge in [-0.3, -0.25) is 14.3 Å². The van der Waals surface area contributed by atoms with Gasteiger partial charge in [0.2, 0.25) is 5.91 Å². The lowest BCUT2D eigenvalue weighted by Crippen LogP contribution is -2.45. The van der Waals surface area contributed by atoms with E-state index in [1.807, 2.05) is 24.0 Å². The second-order valence-electron chi connectivity index (χ2n) is 8.09. The lowest BCUT2D eigenvalue weighted by atomic mass is 9.92. The number of pyridine rings is 1. The van der Waals surface area contributed by atoms with Gasteiger partial charge in [0.15, 0.2) is 11.0 Å². The van der Waals surface area contributed by atoms with Crippen LogP contribution in [-0.2, 0) is 4.79 Å². The zero-order chi connectivity index (χ0) is 19.0. The Balaban J connectivity index is 1.52. The first kappa shape index (κ1) is 18.5. The maximum atomic E-state index is 13.0. The Labute approximate surface area is 164 Å². The third kappa shape index (κ3) is 4.03. The van der Waals surface area contributed by atoms with Gasteiger partial charge in [0.25, 0.3) is 0 Å². The third-order valence-electron chi connectivity index (χ3n) is 5.33. The van der Waals surface area contributed by atoms with Gasteiger partial charge in [-0.2, -0.15) is 0 Å². The Morgan fingerprint density at radius 1 is 1.15 bits per heavy atom. The molecule has 6 nitrogen and oxygen atoms in total. The fourth-order valence-electron chi connectivity index (χ4n) is 4.03. The summed E-state index contributed by atoms with van der Waals surface area (Å²) in [6.45, 7) is 8.20. The number of amides is 1. The largest absolute Gasteiger partial charge is 0.341 e. The fraction of sp³-hybridized carbons (Fsp3) is 0.600. The number of carbonyl (C=O) groups is 1. The summed E-state index contributed by atoms with van der Waals surface area (Å²) in [4.78, 5) is 19.1. The second-order valence-corrected chi connectivity index (χ2v) is 9.40. The summed E-state index contributed by atoms with van der Waals surface area (Å²) < 4.78 is 2.21. The van der Waals surface area contributed by atoms with Crippen LogP contribution in [0, 0.1) is 11.8 Å². The maximum absolute atomic E-state index is 13.0. The molecule has 0 N–H and O–H groups in total. The molecule has 1 saturated carbocycles. The van der Waals surface area contributed by atoms with Crippen LogP contribution in [0.3, 0.4) is 0 Å². The van der Waals surface area contributed by atoms with Gasteiger partial charge in [-0.15, -0.1) is 10.2 Å². The number of thioether (sulfide) groups is 1. The highest BCUT2D eigenvalue weighted by Gasteiger charge is 2.33. The molecule has 1 amide bonds. The van der Waals surface area contributed by atoms with Crippen LogP contribution in [0.2, 0.25) is 0 Å². The Kier molecular flexibility index (Phi) is 5.21. The Morgan fingerprint density at radius 3 is 2.44 bits per heavy atom. The summed E-state index contributed by atoms with van der Waals surface area (Å²) >= 11 is 1.54. The molecule has 4 rings (SSSR count). The van der Waals surface area contributed by atoms with Crippen molar-refractivity contribution in [2.45, 2.75) is 56.5 Å². The van der Waals surface area contributed by atoms with Crippen molar-refractivity contribution in [1.29, 1.82) is 0 Å². The number of nitrogens with zero attached hydrogens (tertiary/aromatic N) is 5. The lowest BCUT2D eigenvalue weighted by Gasteiger charge is -2.36. The highest BCUT2D eigenvalue weighted by Crippen LogP contribution is 2.41. The molecule has 144 valence electrons. The molecule has 2 fully saturated rings. The Hall–Kier alpha value is -1.89. The first-order valence-electron chi connectivity index (χ1n) is 9.83. The van der Waals surface area contributed by atoms with E-state index in [0.29, 0.717) is 17.9 Å². The summed E-state index contributed by atoms with van der Waals surface area (Å²) in [6, 6.07) is 4.37. The van der Waals surface area contributed by atoms with Crippen molar-refractivity contribution in [2.24, 2.45) is 11.8 Å². The summed E-state index contributed by atoms with van der Waals surface area (Å²) in [5.74, 6) is 2.24. The minimum atomic E-state index is -0.158. The van der Waals surface area contributed by atoms with Gasteiger partial charge in [0.1, 0.15) is 0 Å². The highest BCUT2D eigenvalue weighted by atomic mass is 32.2. The average molecular weight is 386 g/mol. The van der Waals surface area contributed by atoms with Crippen molar-refractivity contribution in [1.82, 2.24) is 24.6 Å². The highest BCUT2D eigenvalue weighted by molar-refractivity contribution is 8.00. The molecule has 2 aromatic heterocycles. The quantitative estimate of drug-likeness (QED) is 0.735. The van der Waals surface area contributed by atoms with E-state index in [9.17, 15) is 4.79 Å². The van der Waals surface area contributed by atoms with Gasteiger partial charge in [0, 0.05) is 37.1 Å². The first-order chi connectivity index (χ1) is 13.0. The normalized spacial score (nSPS) is 24.0. The van der Waals surface area contributed by atoms with Gasteiger partial charge in [-0.1, -0.05) is 25.6 Å². The predicted molar refractivity (Wildman–Crippen MR) is 106 cm³/mol. The van der Waals surface area contributed by atoms with Crippen LogP contribution in [0.1, 0.15) is 46.1 Å². The van der Waals surface area contributed by atoms with Crippen LogP contribution in [-0.4, -0.2) is 48.9 Å². The van der Waals surface area contributed by atoms with Gasteiger partial charge >= 0.3 is 0 Å². The third-order valence-corrected chi connectivity index (χ3v) is 6.37. The lowest BCUT2D eigenvalue weighted by molar-refractivity contribution is -0.132. The van der Waals surface area contributed by atoms with Crippen LogP contribution < -0.4 is 0 Å². The van der Waals surface area contributed by atoms with Crippen molar-refractivity contribution in [3.05, 3.63) is 24.5 Å². The molecule has 1 aliphatic heterocycles. The monoisotopic (exact) mass is 385 g/mol. The molecule has 0 unspecified atom stereocenters. The minimum Gasteiger partial charge on any atom is -0.341 e. The van der Waals surface area contributed by atoms with Crippen molar-refractivity contribution < 1.29 is 4.79 Å². The molecule has 2 aromatic rings. The zero-order valence-corrected chi connectivity index (χ0v) is 17.0. The predicted octanol–water partition coefficient (Wildman–Crippen LogP) is 3.66. The van der Waals surface area contributed by atoms with Gasteiger partial charge in [-0.05, 0) is 50.2 Å². The SMILES string of the molecule is C[C@@H]1C[C@H](C)CN(C(=O)[C@H](C)Sc2nnc(-c3ccncc3)n2C2CC2)C1. The van der Waals surface area contributed by atoms with E-state index >= 15 is 0 Å². The van der Waals surface area contributed by atoms with Gasteiger partial charge in [0.05, 0.1) is 5.25 Å². The van der Waals surface area contributed by atoms with Crippen LogP contribution >= 0.6 is 11.8 Å². The van der Waals surface area contributed by atoms with E-state index < -0.39 is 0 Å². The van der Waals surface area contributed by atoms with E-state index in [1.54, 1.807) is 24.2 Å². The topological polar surface area (TPSA) is 63.9 Å². The molecule has 3 atom stereocenters. The molecule has 0 radical (unpaired) electrons. The fourth-order valence-corrected chi connectivity index (χ4v) is 5.03. The van der Waals surface area contributed by atoms with Crippen LogP contribution in [0.15, 0.2) is 29.7 Å². The Morgan fingerprint density at radius 2 is 1.81 bits per heavy atom. The van der Waals surface area contributed by atoms with Crippen LogP contribution in [0.5, 0.6) is 0 Å². The van der Waals surface area contributed by atoms with E-state index in [1.165, 1.54) is 6.42 Å². The number of hydrogen-bond acceptors (Lipinski definition) is 5. The maximum Gasteiger partial charge on any atom is 0.235 e. The van der Waals surface area contributed by atoms with Gasteiger partial charge < -0.3 is 4.90 Å². The molecule has 2 aliphatic rings. The molecule has 3 heterocycles. The van der Waals surface area contributed by atoms with Crippen molar-refractivity contribution in [3.63, 3.8) is 0 Å². The standard InChI is InChI=1S/C20H27N5OS/c1-13-10-14(2)12-24(11-13)19(26)15(3)27-20-23-22-18(25(20)17-4-5-17)16-6-8-21-9-7-16/h6-9,13-15,17H,4-5,10-12H2,1-3H3/t13-,14+,15-/m0/s1. The number of likely N-dealkylation sites (tertiary alicyclic amines) is 1. The summed E-state index contributed by atoms with van der Waals surface area (Å²) in [7, 11) is 0. The number of aromatic nitrogens is 4. The molecule has 0 aromatic carbocycles. The second kappa shape index (κ2) is 7.62. The van der Waals surface area contributed by atoms with E-state index in [4.69, 9.17) is 0 Å². The van der Waals surface area contributed by atoms with E-state index in [-0.39, 0.29) is 11.2 Å². The van der Waals surface area contributed by atoms with Crippen molar-refractivity contribution in [3.8, 4) is 11.4 Å². The molecule has 0 bridgehead atoms. The van der Waals surface area contributed by atoms with E-state index in [2.05, 4.69) is 33.6 Å². The van der Waals surface area contributed by atoms with Crippen LogP contribution in [0.4, 0.5) is 0 Å². The first-order valence-corrected chi connectivity index (χ1v) is 10.7. The molecule has 7 heteroatoms. The molecule has 1 aliphatic carbocycles. The summed E-state index contributed by atoms with van der Waals surface area (Å²) in [5.41, 5.74) is 1.02. The number of piperidine rings is 1. The molecule has 27 heavy (non-hydrogen) atoms. The van der Waals surface area contributed by atoms with Crippen LogP contribution in [0.25, 0.3) is 11.4 Å². The molecular formula is C20H27N5OS. The number of rotatable bonds is 5. The van der Waals surface area contributed by atoms with E-state index in [0.717, 1.165) is 42.5 Å². The summed E-state index contributed by atoms with van der Waals surface area (Å²) in [5, 5.41) is 9.56. The number of hydrogen-bond donors (Lipinski definition) is 0. The van der Waals surface area contributed by atoms with Crippen molar-refractivity contribution in [2.75, 3.05) is 13.1 Å². The number of carbonyl (C=O) groups excluding carboxylic acids is 1. The van der Waals surface area contributed by atoms with Crippen molar-refractivity contribution >= 4 is 17.7 Å². The smallest absolute Gasteiger partial charge is 0.235 e. The molecule has 0 spiro atoms. The Bertz CT molecular complexity index is 794. The minimum absolute atomic E-state index is 0.158. The molecule has 1 saturated heterocycles. The van der Waals surface area contributed by atoms with Gasteiger partial charge in [-0.25, -0.2) is 0 Å². The zero-order valence-electron chi connectivity index (χ0n) is 16.2. The molecular weight excluding hydrogens is 358 g/mol.